The van der Waals surface area contributed by atoms with Crippen molar-refractivity contribution in [2.45, 2.75) is 19.3 Å². The molecule has 1 fully saturated rings. The molecule has 1 aromatic carbocycles. The predicted molar refractivity (Wildman–Crippen MR) is 126 cm³/mol. The molecule has 1 N–H and O–H groups in total. The quantitative estimate of drug-likeness (QED) is 0.567. The Labute approximate surface area is 194 Å². The summed E-state index contributed by atoms with van der Waals surface area (Å²) in [5, 5.41) is 11.8. The van der Waals surface area contributed by atoms with Crippen LogP contribution in [-0.4, -0.2) is 54.9 Å². The lowest BCUT2D eigenvalue weighted by atomic mass is 9.96. The zero-order valence-electron chi connectivity index (χ0n) is 19.0. The number of rotatable bonds is 8. The van der Waals surface area contributed by atoms with E-state index in [2.05, 4.69) is 25.4 Å². The second-order valence-electron chi connectivity index (χ2n) is 8.01. The second-order valence-corrected chi connectivity index (χ2v) is 8.01. The van der Waals surface area contributed by atoms with Crippen LogP contribution >= 0.6 is 0 Å². The molecule has 4 rings (SSSR count). The maximum absolute atomic E-state index is 12.6. The van der Waals surface area contributed by atoms with Gasteiger partial charge in [-0.15, -0.1) is 10.2 Å². The van der Waals surface area contributed by atoms with E-state index in [1.165, 1.54) is 0 Å². The van der Waals surface area contributed by atoms with Crippen LogP contribution < -0.4 is 19.7 Å². The first kappa shape index (κ1) is 22.5. The minimum absolute atomic E-state index is 0.0225. The normalized spacial score (nSPS) is 14.1. The van der Waals surface area contributed by atoms with E-state index in [4.69, 9.17) is 9.47 Å². The van der Waals surface area contributed by atoms with Crippen molar-refractivity contribution in [3.63, 3.8) is 0 Å². The Balaban J connectivity index is 1.24. The third-order valence-corrected chi connectivity index (χ3v) is 5.96. The zero-order chi connectivity index (χ0) is 23.0. The van der Waals surface area contributed by atoms with Crippen molar-refractivity contribution >= 4 is 11.7 Å². The Hall–Kier alpha value is -3.68. The van der Waals surface area contributed by atoms with Crippen molar-refractivity contribution in [2.75, 3.05) is 38.8 Å². The van der Waals surface area contributed by atoms with Gasteiger partial charge in [0.1, 0.15) is 0 Å². The van der Waals surface area contributed by atoms with Gasteiger partial charge in [-0.3, -0.25) is 9.78 Å². The molecule has 1 aliphatic rings. The van der Waals surface area contributed by atoms with Crippen LogP contribution in [0.25, 0.3) is 11.3 Å². The Morgan fingerprint density at radius 3 is 2.55 bits per heavy atom. The van der Waals surface area contributed by atoms with E-state index in [1.807, 2.05) is 42.5 Å². The van der Waals surface area contributed by atoms with Crippen LogP contribution in [0.4, 0.5) is 5.82 Å². The lowest BCUT2D eigenvalue weighted by Crippen LogP contribution is -2.41. The molecule has 33 heavy (non-hydrogen) atoms. The molecule has 0 saturated carbocycles. The van der Waals surface area contributed by atoms with E-state index < -0.39 is 0 Å². The number of methoxy groups -OCH3 is 2. The Morgan fingerprint density at radius 1 is 1.06 bits per heavy atom. The summed E-state index contributed by atoms with van der Waals surface area (Å²) < 4.78 is 10.6. The van der Waals surface area contributed by atoms with E-state index in [1.54, 1.807) is 26.6 Å². The van der Waals surface area contributed by atoms with Crippen LogP contribution in [0.5, 0.6) is 11.5 Å². The van der Waals surface area contributed by atoms with E-state index in [9.17, 15) is 4.79 Å². The standard InChI is InChI=1S/C25H29N5O3/c1-32-22-7-5-18(16-23(22)33-2)9-13-27-25(31)19-10-14-30(15-11-19)24-8-6-21(28-29-24)20-4-3-12-26-17-20/h3-8,12,16-17,19H,9-11,13-15H2,1-2H3,(H,27,31). The molecule has 1 amide bonds. The monoisotopic (exact) mass is 447 g/mol. The van der Waals surface area contributed by atoms with Crippen LogP contribution in [0.15, 0.2) is 54.9 Å². The summed E-state index contributed by atoms with van der Waals surface area (Å²) in [7, 11) is 3.24. The van der Waals surface area contributed by atoms with Crippen molar-refractivity contribution in [1.82, 2.24) is 20.5 Å². The highest BCUT2D eigenvalue weighted by Crippen LogP contribution is 2.28. The highest BCUT2D eigenvalue weighted by Gasteiger charge is 2.25. The van der Waals surface area contributed by atoms with Gasteiger partial charge in [0.05, 0.1) is 19.9 Å². The molecule has 2 aromatic heterocycles. The average molecular weight is 448 g/mol. The van der Waals surface area contributed by atoms with Crippen molar-refractivity contribution < 1.29 is 14.3 Å². The van der Waals surface area contributed by atoms with E-state index in [0.717, 1.165) is 55.0 Å². The van der Waals surface area contributed by atoms with E-state index >= 15 is 0 Å². The summed E-state index contributed by atoms with van der Waals surface area (Å²) in [5.41, 5.74) is 2.84. The number of pyridine rings is 1. The van der Waals surface area contributed by atoms with Gasteiger partial charge in [-0.25, -0.2) is 0 Å². The van der Waals surface area contributed by atoms with Gasteiger partial charge in [0.15, 0.2) is 17.3 Å². The molecule has 0 atom stereocenters. The smallest absolute Gasteiger partial charge is 0.223 e. The number of aromatic nitrogens is 3. The number of hydrogen-bond acceptors (Lipinski definition) is 7. The largest absolute Gasteiger partial charge is 0.493 e. The number of hydrogen-bond donors (Lipinski definition) is 1. The summed E-state index contributed by atoms with van der Waals surface area (Å²) >= 11 is 0. The van der Waals surface area contributed by atoms with Gasteiger partial charge in [0.2, 0.25) is 5.91 Å². The molecule has 0 bridgehead atoms. The number of amides is 1. The molecule has 3 aromatic rings. The summed E-state index contributed by atoms with van der Waals surface area (Å²) in [4.78, 5) is 19.0. The Kier molecular flexibility index (Phi) is 7.34. The third-order valence-electron chi connectivity index (χ3n) is 5.96. The van der Waals surface area contributed by atoms with Gasteiger partial charge in [-0.1, -0.05) is 6.07 Å². The minimum Gasteiger partial charge on any atom is -0.493 e. The third kappa shape index (κ3) is 5.58. The minimum atomic E-state index is 0.0225. The van der Waals surface area contributed by atoms with E-state index in [0.29, 0.717) is 18.0 Å². The number of anilines is 1. The Morgan fingerprint density at radius 2 is 1.88 bits per heavy atom. The highest BCUT2D eigenvalue weighted by molar-refractivity contribution is 5.79. The van der Waals surface area contributed by atoms with Crippen LogP contribution in [0.3, 0.4) is 0 Å². The number of carbonyl (C=O) groups excluding carboxylic acids is 1. The molecule has 8 nitrogen and oxygen atoms in total. The molecule has 1 saturated heterocycles. The second kappa shape index (κ2) is 10.8. The van der Waals surface area contributed by atoms with Crippen LogP contribution in [0, 0.1) is 5.92 Å². The first-order chi connectivity index (χ1) is 16.2. The van der Waals surface area contributed by atoms with Gasteiger partial charge in [0, 0.05) is 43.5 Å². The predicted octanol–water partition coefficient (Wildman–Crippen LogP) is 3.13. The molecule has 0 unspecified atom stereocenters. The molecule has 1 aliphatic heterocycles. The van der Waals surface area contributed by atoms with Crippen LogP contribution in [0.2, 0.25) is 0 Å². The highest BCUT2D eigenvalue weighted by atomic mass is 16.5. The zero-order valence-corrected chi connectivity index (χ0v) is 19.0. The van der Waals surface area contributed by atoms with Gasteiger partial charge in [0.25, 0.3) is 0 Å². The molecule has 8 heteroatoms. The number of piperidine rings is 1. The maximum Gasteiger partial charge on any atom is 0.223 e. The van der Waals surface area contributed by atoms with Gasteiger partial charge in [-0.05, 0) is 61.2 Å². The fourth-order valence-corrected chi connectivity index (χ4v) is 4.04. The van der Waals surface area contributed by atoms with Gasteiger partial charge in [-0.2, -0.15) is 0 Å². The van der Waals surface area contributed by atoms with Crippen molar-refractivity contribution in [3.8, 4) is 22.8 Å². The fraction of sp³-hybridized carbons (Fsp3) is 0.360. The number of nitrogens with zero attached hydrogens (tertiary/aromatic N) is 4. The molecular formula is C25H29N5O3. The molecule has 0 spiro atoms. The Bertz CT molecular complexity index is 1050. The SMILES string of the molecule is COc1ccc(CCNC(=O)C2CCN(c3ccc(-c4cccnc4)nn3)CC2)cc1OC. The number of benzene rings is 1. The molecule has 0 radical (unpaired) electrons. The van der Waals surface area contributed by atoms with Crippen molar-refractivity contribution in [1.29, 1.82) is 0 Å². The maximum atomic E-state index is 12.6. The first-order valence-corrected chi connectivity index (χ1v) is 11.2. The van der Waals surface area contributed by atoms with Crippen molar-refractivity contribution in [3.05, 3.63) is 60.4 Å². The average Bonchev–Trinajstić information content (AvgIpc) is 2.89. The summed E-state index contributed by atoms with van der Waals surface area (Å²) in [6.45, 7) is 2.17. The number of nitrogens with one attached hydrogen (secondary N) is 1. The topological polar surface area (TPSA) is 89.5 Å². The fourth-order valence-electron chi connectivity index (χ4n) is 4.04. The first-order valence-electron chi connectivity index (χ1n) is 11.2. The van der Waals surface area contributed by atoms with Crippen molar-refractivity contribution in [2.24, 2.45) is 5.92 Å². The summed E-state index contributed by atoms with van der Waals surface area (Å²) in [6, 6.07) is 13.6. The summed E-state index contributed by atoms with van der Waals surface area (Å²) in [6.07, 6.45) is 5.85. The number of ether oxygens (including phenoxy) is 2. The van der Waals surface area contributed by atoms with Gasteiger partial charge >= 0.3 is 0 Å². The molecule has 172 valence electrons. The van der Waals surface area contributed by atoms with E-state index in [-0.39, 0.29) is 11.8 Å². The van der Waals surface area contributed by atoms with Gasteiger partial charge < -0.3 is 19.7 Å². The lowest BCUT2D eigenvalue weighted by molar-refractivity contribution is -0.125. The van der Waals surface area contributed by atoms with Crippen LogP contribution in [-0.2, 0) is 11.2 Å². The molecule has 0 aliphatic carbocycles. The molecule has 3 heterocycles. The van der Waals surface area contributed by atoms with Crippen LogP contribution in [0.1, 0.15) is 18.4 Å². The summed E-state index contributed by atoms with van der Waals surface area (Å²) in [5.74, 6) is 2.39. The molecular weight excluding hydrogens is 418 g/mol. The lowest BCUT2D eigenvalue weighted by Gasteiger charge is -2.31. The number of carbonyl (C=O) groups is 1.